The lowest BCUT2D eigenvalue weighted by atomic mass is 10.0. The van der Waals surface area contributed by atoms with E-state index in [2.05, 4.69) is 40.9 Å². The van der Waals surface area contributed by atoms with E-state index in [1.807, 2.05) is 30.3 Å². The van der Waals surface area contributed by atoms with Crippen molar-refractivity contribution in [2.45, 2.75) is 6.18 Å². The van der Waals surface area contributed by atoms with Crippen molar-refractivity contribution in [3.8, 4) is 39.1 Å². The van der Waals surface area contributed by atoms with Gasteiger partial charge in [0, 0.05) is 46.2 Å². The Morgan fingerprint density at radius 3 is 2.12 bits per heavy atom. The summed E-state index contributed by atoms with van der Waals surface area (Å²) < 4.78 is 70.5. The van der Waals surface area contributed by atoms with Gasteiger partial charge in [-0.25, -0.2) is 18.4 Å². The van der Waals surface area contributed by atoms with Crippen LogP contribution in [-0.4, -0.2) is 46.7 Å². The van der Waals surface area contributed by atoms with Crippen molar-refractivity contribution < 1.29 is 31.5 Å². The SMILES string of the molecule is O=C(Nc1cccc(-c2cc(F)cc(-n3nc(C(=O)Nc4ccc(C(F)(F)F)nc4)c4cc(-c5cncc(F)c5)ccc43)c2)c1)c1n[nH]c2ccc(-c3cccnc3)cc12. The molecule has 0 atom stereocenters. The molecule has 0 radical (unpaired) electrons. The Hall–Kier alpha value is -8.14. The highest BCUT2D eigenvalue weighted by Gasteiger charge is 2.32. The quantitative estimate of drug-likeness (QED) is 0.130. The fourth-order valence-electron chi connectivity index (χ4n) is 6.79. The number of hydrogen-bond acceptors (Lipinski definition) is 7. The first-order chi connectivity index (χ1) is 29.0. The maximum absolute atomic E-state index is 15.6. The van der Waals surface area contributed by atoms with E-state index in [1.165, 1.54) is 29.1 Å². The first kappa shape index (κ1) is 37.4. The number of anilines is 2. The number of aromatic nitrogens is 7. The van der Waals surface area contributed by atoms with Crippen molar-refractivity contribution in [2.24, 2.45) is 0 Å². The van der Waals surface area contributed by atoms with Crippen molar-refractivity contribution >= 4 is 45.0 Å². The number of fused-ring (bicyclic) bond motifs is 2. The smallest absolute Gasteiger partial charge is 0.321 e. The minimum Gasteiger partial charge on any atom is -0.321 e. The Bertz CT molecular complexity index is 3110. The van der Waals surface area contributed by atoms with Gasteiger partial charge in [-0.3, -0.25) is 24.7 Å². The normalized spacial score (nSPS) is 11.6. The van der Waals surface area contributed by atoms with Gasteiger partial charge in [0.05, 0.1) is 34.8 Å². The molecule has 0 aliphatic heterocycles. The second kappa shape index (κ2) is 15.0. The molecule has 0 bridgehead atoms. The molecule has 5 heterocycles. The van der Waals surface area contributed by atoms with Gasteiger partial charge in [0.2, 0.25) is 0 Å². The molecule has 0 unspecified atom stereocenters. The number of aromatic amines is 1. The molecule has 294 valence electrons. The number of benzene rings is 4. The lowest BCUT2D eigenvalue weighted by Gasteiger charge is -2.10. The number of H-pyrrole nitrogens is 1. The Balaban J connectivity index is 1.05. The van der Waals surface area contributed by atoms with Crippen LogP contribution < -0.4 is 10.6 Å². The van der Waals surface area contributed by atoms with Crippen LogP contribution in [0.5, 0.6) is 0 Å². The second-order valence-electron chi connectivity index (χ2n) is 13.6. The molecule has 0 aliphatic rings. The third-order valence-corrected chi connectivity index (χ3v) is 9.60. The molecule has 0 fully saturated rings. The topological polar surface area (TPSA) is 143 Å². The van der Waals surface area contributed by atoms with Gasteiger partial charge in [-0.1, -0.05) is 30.3 Å². The molecule has 0 spiro atoms. The molecule has 2 amide bonds. The molecule has 3 N–H and O–H groups in total. The zero-order chi connectivity index (χ0) is 41.5. The number of nitrogens with zero attached hydrogens (tertiary/aromatic N) is 6. The van der Waals surface area contributed by atoms with Gasteiger partial charge in [0.1, 0.15) is 17.3 Å². The standard InChI is InChI=1S/C44H26F5N9O2/c45-30-13-28(24-3-1-5-32(15-24)53-42(59)40-35-17-25(6-9-37(35)55-56-40)27-4-2-12-50-20-27)16-34(19-30)58-38-10-7-26(29-14-31(46)22-51-21-29)18-36(38)41(57-58)43(60)54-33-8-11-39(52-23-33)44(47,48)49/h1-23H,(H,53,59)(H,54,60)(H,55,56). The number of hydrogen-bond donors (Lipinski definition) is 3. The van der Waals surface area contributed by atoms with Crippen LogP contribution in [0.4, 0.5) is 33.3 Å². The van der Waals surface area contributed by atoms with Gasteiger partial charge in [-0.05, 0) is 101 Å². The summed E-state index contributed by atoms with van der Waals surface area (Å²) in [6.45, 7) is 0. The first-order valence-corrected chi connectivity index (χ1v) is 18.1. The van der Waals surface area contributed by atoms with Gasteiger partial charge in [0.15, 0.2) is 11.4 Å². The molecule has 9 aromatic rings. The van der Waals surface area contributed by atoms with Gasteiger partial charge in [-0.15, -0.1) is 0 Å². The van der Waals surface area contributed by atoms with Crippen LogP contribution in [-0.2, 0) is 6.18 Å². The third kappa shape index (κ3) is 7.40. The molecule has 9 rings (SSSR count). The molecule has 4 aromatic carbocycles. The number of halogens is 5. The summed E-state index contributed by atoms with van der Waals surface area (Å²) in [5.41, 5.74) is 4.03. The van der Waals surface area contributed by atoms with E-state index in [0.29, 0.717) is 44.4 Å². The van der Waals surface area contributed by atoms with Crippen LogP contribution >= 0.6 is 0 Å². The zero-order valence-corrected chi connectivity index (χ0v) is 30.7. The Labute approximate surface area is 335 Å². The van der Waals surface area contributed by atoms with E-state index < -0.39 is 35.3 Å². The fourth-order valence-corrected chi connectivity index (χ4v) is 6.79. The molecule has 5 aromatic heterocycles. The zero-order valence-electron chi connectivity index (χ0n) is 30.7. The largest absolute Gasteiger partial charge is 0.433 e. The minimum atomic E-state index is -4.68. The lowest BCUT2D eigenvalue weighted by Crippen LogP contribution is -2.14. The number of nitrogens with one attached hydrogen (secondary N) is 3. The van der Waals surface area contributed by atoms with Gasteiger partial charge < -0.3 is 10.6 Å². The third-order valence-electron chi connectivity index (χ3n) is 9.60. The Morgan fingerprint density at radius 2 is 1.33 bits per heavy atom. The monoisotopic (exact) mass is 807 g/mol. The summed E-state index contributed by atoms with van der Waals surface area (Å²) in [5, 5.41) is 18.0. The summed E-state index contributed by atoms with van der Waals surface area (Å²) in [7, 11) is 0. The number of alkyl halides is 3. The number of carbonyl (C=O) groups excluding carboxylic acids is 2. The highest BCUT2D eigenvalue weighted by molar-refractivity contribution is 6.13. The van der Waals surface area contributed by atoms with Crippen molar-refractivity contribution in [3.63, 3.8) is 0 Å². The number of rotatable bonds is 8. The van der Waals surface area contributed by atoms with Crippen LogP contribution in [0, 0.1) is 11.6 Å². The predicted molar refractivity (Wildman–Crippen MR) is 214 cm³/mol. The number of carbonyl (C=O) groups is 2. The lowest BCUT2D eigenvalue weighted by molar-refractivity contribution is -0.141. The Kier molecular flexibility index (Phi) is 9.35. The van der Waals surface area contributed by atoms with Crippen molar-refractivity contribution in [1.29, 1.82) is 0 Å². The summed E-state index contributed by atoms with van der Waals surface area (Å²) in [6.07, 6.45) is 2.07. The highest BCUT2D eigenvalue weighted by Crippen LogP contribution is 2.33. The summed E-state index contributed by atoms with van der Waals surface area (Å²) in [5.74, 6) is -2.50. The van der Waals surface area contributed by atoms with Crippen molar-refractivity contribution in [1.82, 2.24) is 34.9 Å². The molecule has 60 heavy (non-hydrogen) atoms. The van der Waals surface area contributed by atoms with Crippen molar-refractivity contribution in [2.75, 3.05) is 10.6 Å². The predicted octanol–water partition coefficient (Wildman–Crippen LogP) is 9.89. The molecule has 16 heteroatoms. The van der Waals surface area contributed by atoms with E-state index in [4.69, 9.17) is 0 Å². The van der Waals surface area contributed by atoms with Crippen LogP contribution in [0.15, 0.2) is 140 Å². The molecule has 0 saturated heterocycles. The number of amides is 2. The molecule has 11 nitrogen and oxygen atoms in total. The molecular formula is C44H26F5N9O2. The van der Waals surface area contributed by atoms with E-state index in [9.17, 15) is 27.2 Å². The average molecular weight is 808 g/mol. The van der Waals surface area contributed by atoms with E-state index in [-0.39, 0.29) is 28.1 Å². The Morgan fingerprint density at radius 1 is 0.600 bits per heavy atom. The van der Waals surface area contributed by atoms with E-state index >= 15 is 4.39 Å². The fraction of sp³-hybridized carbons (Fsp3) is 0.0227. The average Bonchev–Trinajstić information content (AvgIpc) is 3.86. The summed E-state index contributed by atoms with van der Waals surface area (Å²) in [4.78, 5) is 38.8. The maximum atomic E-state index is 15.6. The molecule has 0 saturated carbocycles. The molecule has 0 aliphatic carbocycles. The summed E-state index contributed by atoms with van der Waals surface area (Å²) >= 11 is 0. The van der Waals surface area contributed by atoms with Gasteiger partial charge in [0.25, 0.3) is 11.8 Å². The van der Waals surface area contributed by atoms with Crippen LogP contribution in [0.2, 0.25) is 0 Å². The van der Waals surface area contributed by atoms with E-state index in [1.54, 1.807) is 60.9 Å². The van der Waals surface area contributed by atoms with Crippen LogP contribution in [0.1, 0.15) is 26.7 Å². The maximum Gasteiger partial charge on any atom is 0.433 e. The van der Waals surface area contributed by atoms with Crippen LogP contribution in [0.3, 0.4) is 0 Å². The van der Waals surface area contributed by atoms with Gasteiger partial charge >= 0.3 is 6.18 Å². The van der Waals surface area contributed by atoms with Gasteiger partial charge in [-0.2, -0.15) is 23.4 Å². The summed E-state index contributed by atoms with van der Waals surface area (Å²) in [6, 6.07) is 28.2. The first-order valence-electron chi connectivity index (χ1n) is 18.1. The number of pyridine rings is 3. The highest BCUT2D eigenvalue weighted by atomic mass is 19.4. The minimum absolute atomic E-state index is 0.0313. The molecular weight excluding hydrogens is 782 g/mol. The van der Waals surface area contributed by atoms with E-state index in [0.717, 1.165) is 35.7 Å². The second-order valence-corrected chi connectivity index (χ2v) is 13.6. The van der Waals surface area contributed by atoms with Crippen molar-refractivity contribution in [3.05, 3.63) is 169 Å². The van der Waals surface area contributed by atoms with Crippen LogP contribution in [0.25, 0.3) is 60.9 Å².